The van der Waals surface area contributed by atoms with Gasteiger partial charge in [-0.3, -0.25) is 0 Å². The topological polar surface area (TPSA) is 26.0 Å². The van der Waals surface area contributed by atoms with Gasteiger partial charge in [-0.25, -0.2) is 4.98 Å². The van der Waals surface area contributed by atoms with Crippen LogP contribution in [0.4, 0.5) is 0 Å². The van der Waals surface area contributed by atoms with Gasteiger partial charge < -0.3 is 4.42 Å². The van der Waals surface area contributed by atoms with Gasteiger partial charge in [-0.1, -0.05) is 31.9 Å². The van der Waals surface area contributed by atoms with Crippen molar-refractivity contribution in [3.63, 3.8) is 0 Å². The Bertz CT molecular complexity index is 426. The molecule has 1 aromatic carbocycles. The molecule has 0 bridgehead atoms. The van der Waals surface area contributed by atoms with Crippen LogP contribution >= 0.6 is 31.9 Å². The van der Waals surface area contributed by atoms with Crippen molar-refractivity contribution in [2.24, 2.45) is 0 Å². The molecular formula is C10H7Br2NO. The Labute approximate surface area is 98.6 Å². The molecule has 14 heavy (non-hydrogen) atoms. The van der Waals surface area contributed by atoms with E-state index in [0.29, 0.717) is 5.89 Å². The molecule has 0 N–H and O–H groups in total. The van der Waals surface area contributed by atoms with Crippen LogP contribution in [0.15, 0.2) is 39.5 Å². The van der Waals surface area contributed by atoms with Gasteiger partial charge in [0, 0.05) is 15.4 Å². The highest BCUT2D eigenvalue weighted by Gasteiger charge is 2.05. The Balaban J connectivity index is 2.46. The van der Waals surface area contributed by atoms with Crippen LogP contribution in [0.2, 0.25) is 0 Å². The fraction of sp³-hybridized carbons (Fsp3) is 0.100. The Hall–Kier alpha value is -0.610. The summed E-state index contributed by atoms with van der Waals surface area (Å²) < 4.78 is 6.30. The van der Waals surface area contributed by atoms with Crippen molar-refractivity contribution in [1.29, 1.82) is 0 Å². The minimum Gasteiger partial charge on any atom is -0.445 e. The van der Waals surface area contributed by atoms with Crippen molar-refractivity contribution in [3.05, 3.63) is 40.7 Å². The van der Waals surface area contributed by atoms with Gasteiger partial charge in [0.15, 0.2) is 0 Å². The lowest BCUT2D eigenvalue weighted by Gasteiger charge is -2.02. The molecule has 1 aromatic heterocycles. The molecule has 2 nitrogen and oxygen atoms in total. The van der Waals surface area contributed by atoms with Crippen LogP contribution in [-0.4, -0.2) is 4.98 Å². The molecule has 0 saturated heterocycles. The van der Waals surface area contributed by atoms with Crippen LogP contribution in [0.5, 0.6) is 0 Å². The second-order valence-electron chi connectivity index (χ2n) is 2.78. The van der Waals surface area contributed by atoms with Crippen molar-refractivity contribution in [3.8, 4) is 11.5 Å². The summed E-state index contributed by atoms with van der Waals surface area (Å²) in [6, 6.07) is 6.02. The zero-order chi connectivity index (χ0) is 9.97. The van der Waals surface area contributed by atoms with E-state index in [-0.39, 0.29) is 0 Å². The first-order chi connectivity index (χ1) is 6.81. The van der Waals surface area contributed by atoms with Gasteiger partial charge in [0.05, 0.1) is 6.20 Å². The predicted octanol–water partition coefficient (Wildman–Crippen LogP) is 4.00. The van der Waals surface area contributed by atoms with Crippen LogP contribution in [0.3, 0.4) is 0 Å². The third kappa shape index (κ3) is 1.91. The number of aromatic nitrogens is 1. The van der Waals surface area contributed by atoms with E-state index in [0.717, 1.165) is 15.4 Å². The molecule has 0 radical (unpaired) electrons. The van der Waals surface area contributed by atoms with E-state index >= 15 is 0 Å². The van der Waals surface area contributed by atoms with Gasteiger partial charge in [-0.15, -0.1) is 0 Å². The van der Waals surface area contributed by atoms with Gasteiger partial charge >= 0.3 is 0 Å². The quantitative estimate of drug-likeness (QED) is 0.783. The fourth-order valence-corrected chi connectivity index (χ4v) is 2.40. The zero-order valence-corrected chi connectivity index (χ0v) is 10.4. The molecule has 0 amide bonds. The summed E-state index contributed by atoms with van der Waals surface area (Å²) in [5.74, 6) is 0.653. The van der Waals surface area contributed by atoms with Gasteiger partial charge in [0.25, 0.3) is 0 Å². The van der Waals surface area contributed by atoms with Crippen LogP contribution in [-0.2, 0) is 5.33 Å². The van der Waals surface area contributed by atoms with Gasteiger partial charge in [-0.2, -0.15) is 0 Å². The Kier molecular flexibility index (Phi) is 3.03. The Morgan fingerprint density at radius 3 is 2.86 bits per heavy atom. The molecule has 0 aliphatic carbocycles. The largest absolute Gasteiger partial charge is 0.445 e. The highest BCUT2D eigenvalue weighted by molar-refractivity contribution is 9.10. The number of nitrogens with zero attached hydrogens (tertiary/aromatic N) is 1. The third-order valence-electron chi connectivity index (χ3n) is 1.87. The molecule has 4 heteroatoms. The molecule has 0 aliphatic rings. The fourth-order valence-electron chi connectivity index (χ4n) is 1.18. The van der Waals surface area contributed by atoms with Crippen LogP contribution in [0.1, 0.15) is 5.56 Å². The minimum atomic E-state index is 0.653. The van der Waals surface area contributed by atoms with Crippen LogP contribution < -0.4 is 0 Å². The summed E-state index contributed by atoms with van der Waals surface area (Å²) in [5, 5.41) is 0.808. The number of alkyl halides is 1. The second-order valence-corrected chi connectivity index (χ2v) is 4.19. The first-order valence-corrected chi connectivity index (χ1v) is 5.97. The number of rotatable bonds is 2. The summed E-state index contributed by atoms with van der Waals surface area (Å²) in [6.45, 7) is 0. The lowest BCUT2D eigenvalue weighted by atomic mass is 10.1. The molecule has 2 aromatic rings. The predicted molar refractivity (Wildman–Crippen MR) is 62.3 cm³/mol. The molecule has 0 aliphatic heterocycles. The van der Waals surface area contributed by atoms with Gasteiger partial charge in [0.2, 0.25) is 5.89 Å². The SMILES string of the molecule is BrCc1cc(-c2ncco2)ccc1Br. The monoisotopic (exact) mass is 315 g/mol. The summed E-state index contributed by atoms with van der Waals surface area (Å²) in [7, 11) is 0. The van der Waals surface area contributed by atoms with Crippen molar-refractivity contribution in [2.75, 3.05) is 0 Å². The van der Waals surface area contributed by atoms with Gasteiger partial charge in [0.1, 0.15) is 6.26 Å². The number of oxazole rings is 1. The van der Waals surface area contributed by atoms with E-state index < -0.39 is 0 Å². The molecule has 0 unspecified atom stereocenters. The highest BCUT2D eigenvalue weighted by atomic mass is 79.9. The zero-order valence-electron chi connectivity index (χ0n) is 7.21. The van der Waals surface area contributed by atoms with Crippen molar-refractivity contribution < 1.29 is 4.42 Å². The van der Waals surface area contributed by atoms with Crippen molar-refractivity contribution in [2.45, 2.75) is 5.33 Å². The maximum Gasteiger partial charge on any atom is 0.225 e. The summed E-state index contributed by atoms with van der Waals surface area (Å²) >= 11 is 6.90. The van der Waals surface area contributed by atoms with E-state index in [9.17, 15) is 0 Å². The van der Waals surface area contributed by atoms with E-state index in [1.807, 2.05) is 18.2 Å². The Morgan fingerprint density at radius 2 is 2.21 bits per heavy atom. The molecular weight excluding hydrogens is 310 g/mol. The summed E-state index contributed by atoms with van der Waals surface area (Å²) in [4.78, 5) is 4.09. The van der Waals surface area contributed by atoms with E-state index in [1.54, 1.807) is 12.5 Å². The normalized spacial score (nSPS) is 10.4. The standard InChI is InChI=1S/C10H7Br2NO/c11-6-8-5-7(1-2-9(8)12)10-13-3-4-14-10/h1-5H,6H2. The molecule has 0 saturated carbocycles. The molecule has 0 atom stereocenters. The number of hydrogen-bond donors (Lipinski definition) is 0. The van der Waals surface area contributed by atoms with Gasteiger partial charge in [-0.05, 0) is 23.8 Å². The number of halogens is 2. The lowest BCUT2D eigenvalue weighted by Crippen LogP contribution is -1.83. The number of hydrogen-bond acceptors (Lipinski definition) is 2. The average Bonchev–Trinajstić information content (AvgIpc) is 2.71. The third-order valence-corrected chi connectivity index (χ3v) is 3.25. The molecule has 2 rings (SSSR count). The smallest absolute Gasteiger partial charge is 0.225 e. The number of benzene rings is 1. The summed E-state index contributed by atoms with van der Waals surface area (Å²) in [6.07, 6.45) is 3.22. The first kappa shape index (κ1) is 9.93. The van der Waals surface area contributed by atoms with Crippen LogP contribution in [0.25, 0.3) is 11.5 Å². The van der Waals surface area contributed by atoms with Crippen LogP contribution in [0, 0.1) is 0 Å². The lowest BCUT2D eigenvalue weighted by molar-refractivity contribution is 0.574. The highest BCUT2D eigenvalue weighted by Crippen LogP contribution is 2.25. The maximum absolute atomic E-state index is 5.22. The van der Waals surface area contributed by atoms with Crippen molar-refractivity contribution in [1.82, 2.24) is 4.98 Å². The minimum absolute atomic E-state index is 0.653. The molecule has 72 valence electrons. The Morgan fingerprint density at radius 1 is 1.36 bits per heavy atom. The first-order valence-electron chi connectivity index (χ1n) is 4.05. The molecule has 0 spiro atoms. The second kappa shape index (κ2) is 4.28. The maximum atomic E-state index is 5.22. The average molecular weight is 317 g/mol. The molecule has 0 fully saturated rings. The summed E-state index contributed by atoms with van der Waals surface area (Å²) in [5.41, 5.74) is 2.17. The van der Waals surface area contributed by atoms with Crippen molar-refractivity contribution >= 4 is 31.9 Å². The molecule has 1 heterocycles. The van der Waals surface area contributed by atoms with E-state index in [2.05, 4.69) is 36.8 Å². The van der Waals surface area contributed by atoms with E-state index in [4.69, 9.17) is 4.42 Å². The van der Waals surface area contributed by atoms with E-state index in [1.165, 1.54) is 5.56 Å².